The molecule has 1 fully saturated rings. The van der Waals surface area contributed by atoms with Gasteiger partial charge in [0.15, 0.2) is 0 Å². The van der Waals surface area contributed by atoms with Crippen LogP contribution in [0.25, 0.3) is 0 Å². The van der Waals surface area contributed by atoms with Gasteiger partial charge in [-0.2, -0.15) is 0 Å². The Bertz CT molecular complexity index is 436. The van der Waals surface area contributed by atoms with Crippen molar-refractivity contribution in [3.63, 3.8) is 0 Å². The summed E-state index contributed by atoms with van der Waals surface area (Å²) in [6.45, 7) is 2.06. The number of nitrogens with zero attached hydrogens (tertiary/aromatic N) is 2. The number of likely N-dealkylation sites (tertiary alicyclic amines) is 1. The van der Waals surface area contributed by atoms with Crippen LogP contribution in [0.4, 0.5) is 0 Å². The van der Waals surface area contributed by atoms with Crippen molar-refractivity contribution in [3.05, 3.63) is 24.0 Å². The first-order valence-electron chi connectivity index (χ1n) is 6.48. The number of rotatable bonds is 6. The van der Waals surface area contributed by atoms with Crippen LogP contribution in [0.5, 0.6) is 5.75 Å². The van der Waals surface area contributed by atoms with E-state index in [1.165, 1.54) is 0 Å². The van der Waals surface area contributed by atoms with Gasteiger partial charge in [-0.05, 0) is 18.4 Å². The van der Waals surface area contributed by atoms with Gasteiger partial charge >= 0.3 is 0 Å². The summed E-state index contributed by atoms with van der Waals surface area (Å²) in [6.07, 6.45) is 3.16. The minimum absolute atomic E-state index is 0.213. The van der Waals surface area contributed by atoms with Gasteiger partial charge in [-0.25, -0.2) is 0 Å². The molecule has 1 aliphatic rings. The van der Waals surface area contributed by atoms with E-state index in [1.807, 2.05) is 17.0 Å². The Kier molecular flexibility index (Phi) is 4.74. The second kappa shape index (κ2) is 6.52. The van der Waals surface area contributed by atoms with Gasteiger partial charge in [0.25, 0.3) is 0 Å². The minimum atomic E-state index is 0.213. The van der Waals surface area contributed by atoms with E-state index in [9.17, 15) is 4.79 Å². The molecular formula is C14H20N2O3. The lowest BCUT2D eigenvalue weighted by atomic mass is 10.0. The van der Waals surface area contributed by atoms with E-state index in [4.69, 9.17) is 9.47 Å². The Balaban J connectivity index is 1.91. The third-order valence-corrected chi connectivity index (χ3v) is 3.38. The molecule has 19 heavy (non-hydrogen) atoms. The smallest absolute Gasteiger partial charge is 0.223 e. The van der Waals surface area contributed by atoms with E-state index >= 15 is 0 Å². The largest absolute Gasteiger partial charge is 0.497 e. The van der Waals surface area contributed by atoms with E-state index in [0.717, 1.165) is 24.4 Å². The molecule has 5 nitrogen and oxygen atoms in total. The fraction of sp³-hybridized carbons (Fsp3) is 0.571. The zero-order valence-electron chi connectivity index (χ0n) is 11.5. The maximum Gasteiger partial charge on any atom is 0.223 e. The maximum atomic E-state index is 11.8. The molecule has 1 amide bonds. The first-order chi connectivity index (χ1) is 9.22. The van der Waals surface area contributed by atoms with E-state index in [1.54, 1.807) is 20.4 Å². The van der Waals surface area contributed by atoms with Gasteiger partial charge in [0, 0.05) is 44.6 Å². The summed E-state index contributed by atoms with van der Waals surface area (Å²) in [5.74, 6) is 1.36. The molecule has 0 aromatic carbocycles. The third-order valence-electron chi connectivity index (χ3n) is 3.38. The van der Waals surface area contributed by atoms with Crippen molar-refractivity contribution in [1.82, 2.24) is 9.88 Å². The minimum Gasteiger partial charge on any atom is -0.497 e. The van der Waals surface area contributed by atoms with Crippen molar-refractivity contribution in [1.29, 1.82) is 0 Å². The van der Waals surface area contributed by atoms with Gasteiger partial charge in [0.05, 0.1) is 13.7 Å². The van der Waals surface area contributed by atoms with Gasteiger partial charge in [-0.3, -0.25) is 9.78 Å². The number of hydrogen-bond donors (Lipinski definition) is 0. The number of hydrogen-bond acceptors (Lipinski definition) is 4. The van der Waals surface area contributed by atoms with Crippen molar-refractivity contribution >= 4 is 5.91 Å². The molecule has 1 saturated heterocycles. The summed E-state index contributed by atoms with van der Waals surface area (Å²) in [7, 11) is 3.29. The van der Waals surface area contributed by atoms with E-state index < -0.39 is 0 Å². The summed E-state index contributed by atoms with van der Waals surface area (Å²) < 4.78 is 10.2. The molecule has 2 rings (SSSR count). The Hall–Kier alpha value is -1.62. The molecule has 0 unspecified atom stereocenters. The van der Waals surface area contributed by atoms with Crippen LogP contribution in [0.15, 0.2) is 18.3 Å². The zero-order valence-corrected chi connectivity index (χ0v) is 11.5. The molecule has 0 N–H and O–H groups in total. The number of methoxy groups -OCH3 is 2. The number of aromatic nitrogens is 1. The van der Waals surface area contributed by atoms with Crippen LogP contribution in [-0.4, -0.2) is 49.7 Å². The predicted octanol–water partition coefficient (Wildman–Crippen LogP) is 1.13. The highest BCUT2D eigenvalue weighted by Gasteiger charge is 2.29. The molecule has 1 aromatic heterocycles. The van der Waals surface area contributed by atoms with Gasteiger partial charge in [-0.1, -0.05) is 0 Å². The predicted molar refractivity (Wildman–Crippen MR) is 71.1 cm³/mol. The summed E-state index contributed by atoms with van der Waals surface area (Å²) in [6, 6.07) is 3.76. The van der Waals surface area contributed by atoms with Crippen LogP contribution in [0.2, 0.25) is 0 Å². The van der Waals surface area contributed by atoms with Crippen molar-refractivity contribution in [2.45, 2.75) is 12.8 Å². The average Bonchev–Trinajstić information content (AvgIpc) is 2.76. The molecule has 1 aromatic rings. The molecule has 0 aliphatic carbocycles. The highest BCUT2D eigenvalue weighted by Crippen LogP contribution is 2.22. The average molecular weight is 264 g/mol. The molecule has 5 heteroatoms. The monoisotopic (exact) mass is 264 g/mol. The van der Waals surface area contributed by atoms with Crippen molar-refractivity contribution < 1.29 is 14.3 Å². The normalized spacial score (nSPS) is 18.9. The molecular weight excluding hydrogens is 244 g/mol. The van der Waals surface area contributed by atoms with Crippen LogP contribution in [0, 0.1) is 5.92 Å². The SMILES string of the molecule is COCCN1C[C@@H](Cc2cc(OC)ccn2)CC1=O. The first kappa shape index (κ1) is 13.8. The molecule has 1 aliphatic heterocycles. The fourth-order valence-corrected chi connectivity index (χ4v) is 2.40. The molecule has 2 heterocycles. The Morgan fingerprint density at radius 3 is 3.05 bits per heavy atom. The lowest BCUT2D eigenvalue weighted by Gasteiger charge is -2.15. The number of amides is 1. The second-order valence-corrected chi connectivity index (χ2v) is 4.79. The van der Waals surface area contributed by atoms with E-state index in [-0.39, 0.29) is 5.91 Å². The summed E-state index contributed by atoms with van der Waals surface area (Å²) in [5, 5.41) is 0. The fourth-order valence-electron chi connectivity index (χ4n) is 2.40. The van der Waals surface area contributed by atoms with Gasteiger partial charge < -0.3 is 14.4 Å². The van der Waals surface area contributed by atoms with Crippen LogP contribution < -0.4 is 4.74 Å². The molecule has 0 saturated carbocycles. The topological polar surface area (TPSA) is 51.7 Å². The number of carbonyl (C=O) groups excluding carboxylic acids is 1. The van der Waals surface area contributed by atoms with Gasteiger partial charge in [0.2, 0.25) is 5.91 Å². The second-order valence-electron chi connectivity index (χ2n) is 4.79. The van der Waals surface area contributed by atoms with Crippen molar-refractivity contribution in [3.8, 4) is 5.75 Å². The Labute approximate surface area is 113 Å². The van der Waals surface area contributed by atoms with E-state index in [2.05, 4.69) is 4.98 Å². The molecule has 104 valence electrons. The maximum absolute atomic E-state index is 11.8. The lowest BCUT2D eigenvalue weighted by molar-refractivity contribution is -0.128. The van der Waals surface area contributed by atoms with E-state index in [0.29, 0.717) is 25.5 Å². The third kappa shape index (κ3) is 3.67. The summed E-state index contributed by atoms with van der Waals surface area (Å²) >= 11 is 0. The highest BCUT2D eigenvalue weighted by atomic mass is 16.5. The Morgan fingerprint density at radius 1 is 1.47 bits per heavy atom. The molecule has 0 radical (unpaired) electrons. The summed E-state index contributed by atoms with van der Waals surface area (Å²) in [5.41, 5.74) is 0.978. The van der Waals surface area contributed by atoms with Crippen molar-refractivity contribution in [2.75, 3.05) is 33.9 Å². The highest BCUT2D eigenvalue weighted by molar-refractivity contribution is 5.78. The molecule has 0 bridgehead atoms. The Morgan fingerprint density at radius 2 is 2.32 bits per heavy atom. The number of carbonyl (C=O) groups is 1. The van der Waals surface area contributed by atoms with Crippen molar-refractivity contribution in [2.24, 2.45) is 5.92 Å². The van der Waals surface area contributed by atoms with Crippen LogP contribution in [0.1, 0.15) is 12.1 Å². The molecule has 1 atom stereocenters. The standard InChI is InChI=1S/C14H20N2O3/c1-18-6-5-16-10-11(8-14(16)17)7-12-9-13(19-2)3-4-15-12/h3-4,9,11H,5-8,10H2,1-2H3/t11-/m0/s1. The number of ether oxygens (including phenoxy) is 2. The first-order valence-corrected chi connectivity index (χ1v) is 6.48. The van der Waals surface area contributed by atoms with Crippen LogP contribution in [0.3, 0.4) is 0 Å². The van der Waals surface area contributed by atoms with Gasteiger partial charge in [0.1, 0.15) is 5.75 Å². The quantitative estimate of drug-likeness (QED) is 0.773. The zero-order chi connectivity index (χ0) is 13.7. The number of pyridine rings is 1. The molecule has 0 spiro atoms. The van der Waals surface area contributed by atoms with Crippen LogP contribution in [-0.2, 0) is 16.0 Å². The summed E-state index contributed by atoms with van der Waals surface area (Å²) in [4.78, 5) is 18.0. The van der Waals surface area contributed by atoms with Gasteiger partial charge in [-0.15, -0.1) is 0 Å². The lowest BCUT2D eigenvalue weighted by Crippen LogP contribution is -2.28. The van der Waals surface area contributed by atoms with Crippen LogP contribution >= 0.6 is 0 Å².